The first-order chi connectivity index (χ1) is 8.70. The first kappa shape index (κ1) is 13.3. The molecule has 0 spiro atoms. The molecule has 2 fully saturated rings. The smallest absolute Gasteiger partial charge is 0.237 e. The van der Waals surface area contributed by atoms with Gasteiger partial charge < -0.3 is 16.0 Å². The lowest BCUT2D eigenvalue weighted by Crippen LogP contribution is -2.65. The number of hydrogen-bond acceptors (Lipinski definition) is 3. The molecule has 2 rings (SSSR count). The van der Waals surface area contributed by atoms with Gasteiger partial charge in [0.05, 0.1) is 12.5 Å². The molecule has 0 radical (unpaired) electrons. The fraction of sp³-hybridized carbons (Fsp3) is 0.846. The van der Waals surface area contributed by atoms with E-state index in [4.69, 9.17) is 0 Å². The SMILES string of the molecule is CCCNC(=O)C[C@@H]1N[C@@H]2CCCC[C@@H]2NC1=O. The molecule has 0 aromatic rings. The molecule has 3 N–H and O–H groups in total. The van der Waals surface area contributed by atoms with E-state index in [1.54, 1.807) is 0 Å². The van der Waals surface area contributed by atoms with E-state index in [2.05, 4.69) is 16.0 Å². The van der Waals surface area contributed by atoms with E-state index in [1.165, 1.54) is 12.8 Å². The molecule has 2 amide bonds. The van der Waals surface area contributed by atoms with Gasteiger partial charge in [0.2, 0.25) is 11.8 Å². The molecule has 102 valence electrons. The van der Waals surface area contributed by atoms with E-state index >= 15 is 0 Å². The number of fused-ring (bicyclic) bond motifs is 1. The zero-order chi connectivity index (χ0) is 13.0. The third-order valence-corrected chi connectivity index (χ3v) is 3.79. The first-order valence-electron chi connectivity index (χ1n) is 7.04. The summed E-state index contributed by atoms with van der Waals surface area (Å²) >= 11 is 0. The summed E-state index contributed by atoms with van der Waals surface area (Å²) < 4.78 is 0. The second-order valence-corrected chi connectivity index (χ2v) is 5.28. The fourth-order valence-corrected chi connectivity index (χ4v) is 2.79. The van der Waals surface area contributed by atoms with Gasteiger partial charge in [0.1, 0.15) is 0 Å². The van der Waals surface area contributed by atoms with E-state index in [0.29, 0.717) is 12.6 Å². The largest absolute Gasteiger partial charge is 0.356 e. The molecule has 3 atom stereocenters. The maximum absolute atomic E-state index is 11.9. The number of piperazine rings is 1. The summed E-state index contributed by atoms with van der Waals surface area (Å²) in [6, 6.07) is 0.253. The van der Waals surface area contributed by atoms with Crippen molar-refractivity contribution < 1.29 is 9.59 Å². The minimum atomic E-state index is -0.360. The summed E-state index contributed by atoms with van der Waals surface area (Å²) in [5.41, 5.74) is 0. The van der Waals surface area contributed by atoms with Crippen molar-refractivity contribution in [2.45, 2.75) is 63.6 Å². The van der Waals surface area contributed by atoms with Gasteiger partial charge in [-0.2, -0.15) is 0 Å². The maximum Gasteiger partial charge on any atom is 0.237 e. The van der Waals surface area contributed by atoms with Gasteiger partial charge in [-0.15, -0.1) is 0 Å². The summed E-state index contributed by atoms with van der Waals surface area (Å²) in [6.07, 6.45) is 5.70. The summed E-state index contributed by atoms with van der Waals surface area (Å²) in [5, 5.41) is 9.20. The van der Waals surface area contributed by atoms with E-state index in [0.717, 1.165) is 19.3 Å². The minimum Gasteiger partial charge on any atom is -0.356 e. The summed E-state index contributed by atoms with van der Waals surface area (Å²) in [4.78, 5) is 23.5. The predicted octanol–water partition coefficient (Wildman–Crippen LogP) is 0.302. The molecular formula is C13H23N3O2. The Bertz CT molecular complexity index is 319. The van der Waals surface area contributed by atoms with E-state index in [-0.39, 0.29) is 30.3 Å². The van der Waals surface area contributed by atoms with Gasteiger partial charge in [0.25, 0.3) is 0 Å². The number of hydrogen-bond donors (Lipinski definition) is 3. The number of carbonyl (C=O) groups is 2. The van der Waals surface area contributed by atoms with Crippen LogP contribution in [-0.4, -0.2) is 36.5 Å². The quantitative estimate of drug-likeness (QED) is 0.675. The fourth-order valence-electron chi connectivity index (χ4n) is 2.79. The van der Waals surface area contributed by atoms with Crippen molar-refractivity contribution in [1.82, 2.24) is 16.0 Å². The monoisotopic (exact) mass is 253 g/mol. The Morgan fingerprint density at radius 2 is 2.06 bits per heavy atom. The van der Waals surface area contributed by atoms with Crippen molar-refractivity contribution in [3.63, 3.8) is 0 Å². The third kappa shape index (κ3) is 3.22. The second kappa shape index (κ2) is 6.18. The van der Waals surface area contributed by atoms with Gasteiger partial charge in [-0.25, -0.2) is 0 Å². The van der Waals surface area contributed by atoms with Crippen molar-refractivity contribution in [1.29, 1.82) is 0 Å². The zero-order valence-electron chi connectivity index (χ0n) is 11.0. The maximum atomic E-state index is 11.9. The number of rotatable bonds is 4. The minimum absolute atomic E-state index is 0.0233. The average Bonchev–Trinajstić information content (AvgIpc) is 2.37. The van der Waals surface area contributed by atoms with Gasteiger partial charge in [0.15, 0.2) is 0 Å². The topological polar surface area (TPSA) is 70.2 Å². The Morgan fingerprint density at radius 1 is 1.33 bits per heavy atom. The van der Waals surface area contributed by atoms with Crippen LogP contribution in [0.2, 0.25) is 0 Å². The normalized spacial score (nSPS) is 31.4. The summed E-state index contributed by atoms with van der Waals surface area (Å²) in [6.45, 7) is 2.69. The molecular weight excluding hydrogens is 230 g/mol. The Morgan fingerprint density at radius 3 is 2.78 bits per heavy atom. The zero-order valence-corrected chi connectivity index (χ0v) is 11.0. The molecule has 1 saturated heterocycles. The molecule has 1 saturated carbocycles. The lowest BCUT2D eigenvalue weighted by atomic mass is 9.87. The van der Waals surface area contributed by atoms with E-state index < -0.39 is 0 Å². The molecule has 2 aliphatic rings. The molecule has 1 aliphatic heterocycles. The van der Waals surface area contributed by atoms with Crippen LogP contribution in [0.15, 0.2) is 0 Å². The lowest BCUT2D eigenvalue weighted by Gasteiger charge is -2.40. The number of nitrogens with one attached hydrogen (secondary N) is 3. The molecule has 5 nitrogen and oxygen atoms in total. The average molecular weight is 253 g/mol. The highest BCUT2D eigenvalue weighted by Crippen LogP contribution is 2.22. The molecule has 0 bridgehead atoms. The lowest BCUT2D eigenvalue weighted by molar-refractivity contribution is -0.131. The molecule has 5 heteroatoms. The Labute approximate surface area is 108 Å². The molecule has 1 aliphatic carbocycles. The van der Waals surface area contributed by atoms with Crippen LogP contribution in [0.4, 0.5) is 0 Å². The molecule has 1 heterocycles. The van der Waals surface area contributed by atoms with Crippen LogP contribution in [0.1, 0.15) is 45.4 Å². The highest BCUT2D eigenvalue weighted by atomic mass is 16.2. The van der Waals surface area contributed by atoms with E-state index in [1.807, 2.05) is 6.92 Å². The van der Waals surface area contributed by atoms with Gasteiger partial charge in [-0.1, -0.05) is 19.8 Å². The first-order valence-corrected chi connectivity index (χ1v) is 7.04. The van der Waals surface area contributed by atoms with E-state index in [9.17, 15) is 9.59 Å². The third-order valence-electron chi connectivity index (χ3n) is 3.79. The van der Waals surface area contributed by atoms with Crippen LogP contribution < -0.4 is 16.0 Å². The predicted molar refractivity (Wildman–Crippen MR) is 69.0 cm³/mol. The highest BCUT2D eigenvalue weighted by Gasteiger charge is 2.36. The Kier molecular flexibility index (Phi) is 4.58. The van der Waals surface area contributed by atoms with Gasteiger partial charge in [-0.3, -0.25) is 9.59 Å². The standard InChI is InChI=1S/C13H23N3O2/c1-2-7-14-12(17)8-11-13(18)16-10-6-4-3-5-9(10)15-11/h9-11,15H,2-8H2,1H3,(H,14,17)(H,16,18)/t9-,10+,11+/m1/s1. The number of carbonyl (C=O) groups excluding carboxylic acids is 2. The highest BCUT2D eigenvalue weighted by molar-refractivity contribution is 5.89. The summed E-state index contributed by atoms with van der Waals surface area (Å²) in [5.74, 6) is -0.0662. The number of amides is 2. The van der Waals surface area contributed by atoms with Crippen LogP contribution in [0.3, 0.4) is 0 Å². The van der Waals surface area contributed by atoms with Crippen molar-refractivity contribution >= 4 is 11.8 Å². The second-order valence-electron chi connectivity index (χ2n) is 5.28. The molecule has 0 aromatic carbocycles. The van der Waals surface area contributed by atoms with Crippen LogP contribution in [-0.2, 0) is 9.59 Å². The van der Waals surface area contributed by atoms with Crippen molar-refractivity contribution in [2.24, 2.45) is 0 Å². The van der Waals surface area contributed by atoms with Crippen LogP contribution in [0.25, 0.3) is 0 Å². The van der Waals surface area contributed by atoms with Crippen molar-refractivity contribution in [2.75, 3.05) is 6.54 Å². The molecule has 0 unspecified atom stereocenters. The molecule has 0 aromatic heterocycles. The van der Waals surface area contributed by atoms with Gasteiger partial charge >= 0.3 is 0 Å². The van der Waals surface area contributed by atoms with Gasteiger partial charge in [-0.05, 0) is 19.3 Å². The Balaban J connectivity index is 1.85. The van der Waals surface area contributed by atoms with Crippen LogP contribution >= 0.6 is 0 Å². The summed E-state index contributed by atoms with van der Waals surface area (Å²) in [7, 11) is 0. The molecule has 18 heavy (non-hydrogen) atoms. The van der Waals surface area contributed by atoms with Crippen LogP contribution in [0, 0.1) is 0 Å². The Hall–Kier alpha value is -1.10. The van der Waals surface area contributed by atoms with Crippen molar-refractivity contribution in [3.05, 3.63) is 0 Å². The van der Waals surface area contributed by atoms with Gasteiger partial charge in [0, 0.05) is 18.6 Å². The van der Waals surface area contributed by atoms with Crippen molar-refractivity contribution in [3.8, 4) is 0 Å². The van der Waals surface area contributed by atoms with Crippen LogP contribution in [0.5, 0.6) is 0 Å².